The lowest BCUT2D eigenvalue weighted by atomic mass is 9.76. The molecule has 2 aromatic rings. The maximum atomic E-state index is 12.8. The quantitative estimate of drug-likeness (QED) is 0.515. The van der Waals surface area contributed by atoms with Gasteiger partial charge in [0.2, 0.25) is 0 Å². The molecule has 4 rings (SSSR count). The number of methoxy groups -OCH3 is 2. The lowest BCUT2D eigenvalue weighted by molar-refractivity contribution is -0.195. The Balaban J connectivity index is 1.80. The van der Waals surface area contributed by atoms with Gasteiger partial charge in [-0.3, -0.25) is 4.79 Å². The van der Waals surface area contributed by atoms with Crippen LogP contribution in [0.3, 0.4) is 0 Å². The second kappa shape index (κ2) is 8.95. The summed E-state index contributed by atoms with van der Waals surface area (Å²) in [5.41, 5.74) is -2.07. The zero-order valence-corrected chi connectivity index (χ0v) is 20.7. The average molecular weight is 484 g/mol. The smallest absolute Gasteiger partial charge is 0.257 e. The fourth-order valence-electron chi connectivity index (χ4n) is 5.04. The first-order valence-corrected chi connectivity index (χ1v) is 11.6. The third-order valence-electron chi connectivity index (χ3n) is 7.06. The lowest BCUT2D eigenvalue weighted by Gasteiger charge is -2.45. The van der Waals surface area contributed by atoms with E-state index in [0.717, 1.165) is 0 Å². The lowest BCUT2D eigenvalue weighted by Crippen LogP contribution is -2.52. The Morgan fingerprint density at radius 3 is 2.40 bits per heavy atom. The molecule has 1 fully saturated rings. The molecule has 2 aliphatic rings. The van der Waals surface area contributed by atoms with Crippen molar-refractivity contribution in [3.63, 3.8) is 0 Å². The minimum atomic E-state index is -1.95. The molecule has 0 spiro atoms. The van der Waals surface area contributed by atoms with Gasteiger partial charge in [0.1, 0.15) is 11.5 Å². The van der Waals surface area contributed by atoms with Crippen LogP contribution in [0.25, 0.3) is 6.08 Å². The number of aromatic hydroxyl groups is 1. The fourth-order valence-corrected chi connectivity index (χ4v) is 5.04. The SMILES string of the molecule is COc1ccc(C2(O)c3c(ccc(C=CC4(C)CCC(O)C(C)(C)O4)c3O)NC(=O)C2OC)cc1. The molecule has 188 valence electrons. The van der Waals surface area contributed by atoms with Crippen molar-refractivity contribution in [2.24, 2.45) is 0 Å². The number of hydrogen-bond donors (Lipinski definition) is 4. The number of nitrogens with one attached hydrogen (secondary N) is 1. The number of phenolic OH excluding ortho intramolecular Hbond substituents is 1. The van der Waals surface area contributed by atoms with Crippen molar-refractivity contribution in [2.75, 3.05) is 19.5 Å². The molecule has 2 aromatic carbocycles. The molecule has 1 amide bonds. The molecule has 0 aliphatic carbocycles. The number of ether oxygens (including phenoxy) is 3. The van der Waals surface area contributed by atoms with Crippen LogP contribution in [0.5, 0.6) is 11.5 Å². The van der Waals surface area contributed by atoms with E-state index in [0.29, 0.717) is 35.4 Å². The predicted molar refractivity (Wildman–Crippen MR) is 131 cm³/mol. The van der Waals surface area contributed by atoms with Crippen molar-refractivity contribution in [1.29, 1.82) is 0 Å². The largest absolute Gasteiger partial charge is 0.507 e. The molecule has 0 radical (unpaired) electrons. The molecule has 4 unspecified atom stereocenters. The first kappa shape index (κ1) is 25.2. The van der Waals surface area contributed by atoms with Gasteiger partial charge < -0.3 is 34.8 Å². The van der Waals surface area contributed by atoms with E-state index in [1.54, 1.807) is 42.5 Å². The van der Waals surface area contributed by atoms with Crippen LogP contribution in [-0.4, -0.2) is 58.9 Å². The third kappa shape index (κ3) is 4.31. The topological polar surface area (TPSA) is 117 Å². The summed E-state index contributed by atoms with van der Waals surface area (Å²) in [4.78, 5) is 12.8. The van der Waals surface area contributed by atoms with Crippen LogP contribution in [0, 0.1) is 0 Å². The number of rotatable bonds is 5. The molecule has 2 heterocycles. The third-order valence-corrected chi connectivity index (χ3v) is 7.06. The van der Waals surface area contributed by atoms with E-state index in [1.807, 2.05) is 26.8 Å². The molecule has 0 saturated carbocycles. The molecular formula is C27H33NO7. The van der Waals surface area contributed by atoms with E-state index >= 15 is 0 Å². The molecule has 4 N–H and O–H groups in total. The van der Waals surface area contributed by atoms with Crippen LogP contribution in [-0.2, 0) is 19.9 Å². The van der Waals surface area contributed by atoms with Crippen LogP contribution in [0.1, 0.15) is 50.3 Å². The summed E-state index contributed by atoms with van der Waals surface area (Å²) in [6.07, 6.45) is 2.92. The Kier molecular flexibility index (Phi) is 6.44. The standard InChI is InChI=1S/C27H33NO7/c1-25(2)20(29)13-15-26(3,35-25)14-12-16-6-11-19-21(22(16)30)27(32,23(34-5)24(31)28-19)17-7-9-18(33-4)10-8-17/h6-12,14,20,23,29-30,32H,13,15H2,1-5H3,(H,28,31). The number of phenols is 1. The van der Waals surface area contributed by atoms with Crippen LogP contribution >= 0.6 is 0 Å². The second-order valence-electron chi connectivity index (χ2n) is 9.93. The predicted octanol–water partition coefficient (Wildman–Crippen LogP) is 3.33. The highest BCUT2D eigenvalue weighted by atomic mass is 16.5. The Labute approximate surface area is 205 Å². The van der Waals surface area contributed by atoms with Crippen LogP contribution in [0.4, 0.5) is 5.69 Å². The van der Waals surface area contributed by atoms with Gasteiger partial charge in [0, 0.05) is 12.7 Å². The summed E-state index contributed by atoms with van der Waals surface area (Å²) < 4.78 is 16.8. The van der Waals surface area contributed by atoms with Crippen molar-refractivity contribution in [1.82, 2.24) is 0 Å². The summed E-state index contributed by atoms with van der Waals surface area (Å²) in [6, 6.07) is 9.93. The van der Waals surface area contributed by atoms with Crippen molar-refractivity contribution >= 4 is 17.7 Å². The maximum absolute atomic E-state index is 12.8. The van der Waals surface area contributed by atoms with Gasteiger partial charge >= 0.3 is 0 Å². The summed E-state index contributed by atoms with van der Waals surface area (Å²) in [5.74, 6) is -0.121. The van der Waals surface area contributed by atoms with E-state index in [4.69, 9.17) is 14.2 Å². The highest BCUT2D eigenvalue weighted by Gasteiger charge is 2.51. The second-order valence-corrected chi connectivity index (χ2v) is 9.93. The zero-order chi connectivity index (χ0) is 25.6. The molecule has 8 heteroatoms. The summed E-state index contributed by atoms with van der Waals surface area (Å²) in [5, 5.41) is 36.3. The van der Waals surface area contributed by atoms with Gasteiger partial charge in [0.05, 0.1) is 35.7 Å². The normalized spacial score (nSPS) is 30.1. The average Bonchev–Trinajstić information content (AvgIpc) is 2.81. The van der Waals surface area contributed by atoms with Crippen LogP contribution < -0.4 is 10.1 Å². The number of carbonyl (C=O) groups excluding carboxylic acids is 1. The molecule has 8 nitrogen and oxygen atoms in total. The first-order chi connectivity index (χ1) is 16.4. The molecular weight excluding hydrogens is 450 g/mol. The Morgan fingerprint density at radius 2 is 1.80 bits per heavy atom. The zero-order valence-electron chi connectivity index (χ0n) is 20.7. The monoisotopic (exact) mass is 483 g/mol. The minimum Gasteiger partial charge on any atom is -0.507 e. The van der Waals surface area contributed by atoms with E-state index in [2.05, 4.69) is 5.32 Å². The Morgan fingerprint density at radius 1 is 1.11 bits per heavy atom. The van der Waals surface area contributed by atoms with Gasteiger partial charge in [-0.05, 0) is 63.4 Å². The van der Waals surface area contributed by atoms with Gasteiger partial charge in [-0.2, -0.15) is 0 Å². The number of aliphatic hydroxyl groups excluding tert-OH is 1. The van der Waals surface area contributed by atoms with E-state index in [9.17, 15) is 20.1 Å². The van der Waals surface area contributed by atoms with Gasteiger partial charge in [0.15, 0.2) is 11.7 Å². The molecule has 1 saturated heterocycles. The van der Waals surface area contributed by atoms with E-state index < -0.39 is 34.9 Å². The number of aliphatic hydroxyl groups is 2. The number of fused-ring (bicyclic) bond motifs is 1. The first-order valence-electron chi connectivity index (χ1n) is 11.6. The van der Waals surface area contributed by atoms with Crippen molar-refractivity contribution in [3.8, 4) is 11.5 Å². The molecule has 0 bridgehead atoms. The van der Waals surface area contributed by atoms with Crippen molar-refractivity contribution in [3.05, 3.63) is 59.2 Å². The van der Waals surface area contributed by atoms with Gasteiger partial charge in [-0.15, -0.1) is 0 Å². The van der Waals surface area contributed by atoms with Crippen molar-refractivity contribution < 1.29 is 34.3 Å². The maximum Gasteiger partial charge on any atom is 0.257 e. The Bertz CT molecular complexity index is 1140. The summed E-state index contributed by atoms with van der Waals surface area (Å²) in [7, 11) is 2.87. The summed E-state index contributed by atoms with van der Waals surface area (Å²) in [6.45, 7) is 5.63. The molecule has 2 aliphatic heterocycles. The molecule has 35 heavy (non-hydrogen) atoms. The number of carbonyl (C=O) groups is 1. The van der Waals surface area contributed by atoms with E-state index in [-0.39, 0.29) is 11.3 Å². The highest BCUT2D eigenvalue weighted by Crippen LogP contribution is 2.48. The Hall–Kier alpha value is -2.91. The number of anilines is 1. The number of hydrogen-bond acceptors (Lipinski definition) is 7. The highest BCUT2D eigenvalue weighted by molar-refractivity contribution is 6.00. The number of amides is 1. The molecule has 4 atom stereocenters. The fraction of sp³-hybridized carbons (Fsp3) is 0.444. The van der Waals surface area contributed by atoms with Crippen LogP contribution in [0.15, 0.2) is 42.5 Å². The summed E-state index contributed by atoms with van der Waals surface area (Å²) >= 11 is 0. The minimum absolute atomic E-state index is 0.140. The van der Waals surface area contributed by atoms with Crippen LogP contribution in [0.2, 0.25) is 0 Å². The molecule has 0 aromatic heterocycles. The number of benzene rings is 2. The van der Waals surface area contributed by atoms with Crippen molar-refractivity contribution in [2.45, 2.75) is 62.6 Å². The van der Waals surface area contributed by atoms with Gasteiger partial charge in [-0.25, -0.2) is 0 Å². The van der Waals surface area contributed by atoms with E-state index in [1.165, 1.54) is 14.2 Å². The van der Waals surface area contributed by atoms with Gasteiger partial charge in [0.25, 0.3) is 5.91 Å². The van der Waals surface area contributed by atoms with Gasteiger partial charge in [-0.1, -0.05) is 24.3 Å².